The number of aliphatic hydroxyl groups is 1. The Morgan fingerprint density at radius 1 is 1.45 bits per heavy atom. The summed E-state index contributed by atoms with van der Waals surface area (Å²) in [4.78, 5) is 11.3. The normalized spacial score (nSPS) is 12.1. The minimum absolute atomic E-state index is 0.0418. The maximum absolute atomic E-state index is 10.7. The highest BCUT2D eigenvalue weighted by Gasteiger charge is 2.15. The summed E-state index contributed by atoms with van der Waals surface area (Å²) >= 11 is 7.63. The monoisotopic (exact) mass is 312 g/mol. The molecule has 1 unspecified atom stereocenters. The van der Waals surface area contributed by atoms with Crippen molar-refractivity contribution in [2.75, 3.05) is 11.9 Å². The van der Waals surface area contributed by atoms with Gasteiger partial charge in [-0.2, -0.15) is 0 Å². The molecule has 2 N–H and O–H groups in total. The second-order valence-electron chi connectivity index (χ2n) is 4.15. The summed E-state index contributed by atoms with van der Waals surface area (Å²) in [7, 11) is 0. The minimum Gasteiger partial charge on any atom is -0.396 e. The van der Waals surface area contributed by atoms with Crippen LogP contribution in [0.2, 0.25) is 5.02 Å². The molecule has 0 saturated carbocycles. The van der Waals surface area contributed by atoms with Crippen molar-refractivity contribution < 1.29 is 10.0 Å². The van der Waals surface area contributed by atoms with E-state index in [9.17, 15) is 10.1 Å². The lowest BCUT2D eigenvalue weighted by Gasteiger charge is -2.18. The number of nitro benzene ring substituents is 1. The Labute approximate surface area is 125 Å². The molecule has 1 aromatic heterocycles. The predicted molar refractivity (Wildman–Crippen MR) is 80.5 cm³/mol. The molecule has 20 heavy (non-hydrogen) atoms. The Hall–Kier alpha value is -1.63. The van der Waals surface area contributed by atoms with Crippen molar-refractivity contribution in [3.05, 3.63) is 55.7 Å². The van der Waals surface area contributed by atoms with Gasteiger partial charge in [-0.05, 0) is 23.9 Å². The standard InChI is InChI=1S/C13H13ClN2O3S/c14-10-8-9(16(18)19)3-4-11(10)15-12(5-6-17)13-2-1-7-20-13/h1-4,7-8,12,15,17H,5-6H2. The molecule has 0 fully saturated rings. The number of non-ortho nitro benzene ring substituents is 1. The fourth-order valence-electron chi connectivity index (χ4n) is 1.83. The van der Waals surface area contributed by atoms with Gasteiger partial charge < -0.3 is 10.4 Å². The Bertz CT molecular complexity index is 589. The first-order valence-corrected chi connectivity index (χ1v) is 7.22. The van der Waals surface area contributed by atoms with E-state index >= 15 is 0 Å². The largest absolute Gasteiger partial charge is 0.396 e. The van der Waals surface area contributed by atoms with Gasteiger partial charge in [0.2, 0.25) is 0 Å². The van der Waals surface area contributed by atoms with E-state index in [4.69, 9.17) is 16.7 Å². The zero-order valence-corrected chi connectivity index (χ0v) is 12.0. The van der Waals surface area contributed by atoms with E-state index in [1.54, 1.807) is 17.4 Å². The van der Waals surface area contributed by atoms with Gasteiger partial charge in [0.1, 0.15) is 0 Å². The number of thiophene rings is 1. The zero-order valence-electron chi connectivity index (χ0n) is 10.5. The van der Waals surface area contributed by atoms with E-state index in [1.165, 1.54) is 12.1 Å². The summed E-state index contributed by atoms with van der Waals surface area (Å²) in [6.45, 7) is 0.0418. The first-order chi connectivity index (χ1) is 9.61. The summed E-state index contributed by atoms with van der Waals surface area (Å²) in [5.41, 5.74) is 0.569. The van der Waals surface area contributed by atoms with Gasteiger partial charge in [0.15, 0.2) is 0 Å². The predicted octanol–water partition coefficient (Wildman–Crippen LogP) is 3.85. The number of nitro groups is 1. The van der Waals surface area contributed by atoms with Gasteiger partial charge in [-0.15, -0.1) is 11.3 Å². The first kappa shape index (κ1) is 14.8. The third kappa shape index (κ3) is 3.47. The van der Waals surface area contributed by atoms with Crippen molar-refractivity contribution in [1.82, 2.24) is 0 Å². The molecule has 5 nitrogen and oxygen atoms in total. The van der Waals surface area contributed by atoms with Gasteiger partial charge in [-0.25, -0.2) is 0 Å². The Balaban J connectivity index is 2.21. The van der Waals surface area contributed by atoms with E-state index in [1.807, 2.05) is 17.5 Å². The van der Waals surface area contributed by atoms with Crippen molar-refractivity contribution in [1.29, 1.82) is 0 Å². The van der Waals surface area contributed by atoms with Crippen LogP contribution in [0, 0.1) is 10.1 Å². The number of nitrogens with zero attached hydrogens (tertiary/aromatic N) is 1. The van der Waals surface area contributed by atoms with Crippen LogP contribution < -0.4 is 5.32 Å². The second-order valence-corrected chi connectivity index (χ2v) is 5.53. The number of halogens is 1. The summed E-state index contributed by atoms with van der Waals surface area (Å²) in [6.07, 6.45) is 0.536. The van der Waals surface area contributed by atoms with E-state index in [-0.39, 0.29) is 18.3 Å². The van der Waals surface area contributed by atoms with Gasteiger partial charge in [-0.1, -0.05) is 17.7 Å². The molecule has 0 aliphatic rings. The Morgan fingerprint density at radius 3 is 2.80 bits per heavy atom. The molecule has 0 aliphatic heterocycles. The molecular formula is C13H13ClN2O3S. The topological polar surface area (TPSA) is 75.4 Å². The zero-order chi connectivity index (χ0) is 14.5. The summed E-state index contributed by atoms with van der Waals surface area (Å²) in [6, 6.07) is 8.13. The van der Waals surface area contributed by atoms with Crippen LogP contribution in [0.4, 0.5) is 11.4 Å². The molecule has 1 atom stereocenters. The van der Waals surface area contributed by atoms with E-state index < -0.39 is 4.92 Å². The van der Waals surface area contributed by atoms with Crippen LogP contribution in [-0.2, 0) is 0 Å². The number of rotatable bonds is 6. The lowest BCUT2D eigenvalue weighted by Crippen LogP contribution is -2.11. The number of benzene rings is 1. The average Bonchev–Trinajstić information content (AvgIpc) is 2.94. The van der Waals surface area contributed by atoms with Gasteiger partial charge in [0.25, 0.3) is 5.69 Å². The van der Waals surface area contributed by atoms with Crippen molar-refractivity contribution in [2.45, 2.75) is 12.5 Å². The summed E-state index contributed by atoms with van der Waals surface area (Å²) in [5, 5.41) is 25.3. The Kier molecular flexibility index (Phi) is 4.94. The molecule has 0 amide bonds. The highest BCUT2D eigenvalue weighted by molar-refractivity contribution is 7.10. The maximum atomic E-state index is 10.7. The van der Waals surface area contributed by atoms with E-state index in [2.05, 4.69) is 5.32 Å². The van der Waals surface area contributed by atoms with Crippen LogP contribution in [0.3, 0.4) is 0 Å². The number of hydrogen-bond donors (Lipinski definition) is 2. The van der Waals surface area contributed by atoms with Crippen molar-refractivity contribution >= 4 is 34.3 Å². The number of anilines is 1. The van der Waals surface area contributed by atoms with Crippen molar-refractivity contribution in [2.24, 2.45) is 0 Å². The van der Waals surface area contributed by atoms with Crippen molar-refractivity contribution in [3.63, 3.8) is 0 Å². The van der Waals surface area contributed by atoms with E-state index in [0.717, 1.165) is 4.88 Å². The molecular weight excluding hydrogens is 300 g/mol. The molecule has 1 aromatic carbocycles. The molecule has 7 heteroatoms. The molecule has 2 rings (SSSR count). The van der Waals surface area contributed by atoms with Crippen LogP contribution in [0.25, 0.3) is 0 Å². The van der Waals surface area contributed by atoms with Gasteiger partial charge in [-0.3, -0.25) is 10.1 Å². The smallest absolute Gasteiger partial charge is 0.271 e. The minimum atomic E-state index is -0.486. The molecule has 2 aromatic rings. The molecule has 0 spiro atoms. The molecule has 106 valence electrons. The lowest BCUT2D eigenvalue weighted by molar-refractivity contribution is -0.384. The highest BCUT2D eigenvalue weighted by atomic mass is 35.5. The third-order valence-electron chi connectivity index (χ3n) is 2.80. The number of hydrogen-bond acceptors (Lipinski definition) is 5. The average molecular weight is 313 g/mol. The molecule has 0 aliphatic carbocycles. The molecule has 0 saturated heterocycles. The van der Waals surface area contributed by atoms with Gasteiger partial charge in [0.05, 0.1) is 21.7 Å². The number of aliphatic hydroxyl groups excluding tert-OH is 1. The number of nitrogens with one attached hydrogen (secondary N) is 1. The summed E-state index contributed by atoms with van der Waals surface area (Å²) < 4.78 is 0. The van der Waals surface area contributed by atoms with Crippen LogP contribution in [0.15, 0.2) is 35.7 Å². The van der Waals surface area contributed by atoms with Crippen LogP contribution in [0.5, 0.6) is 0 Å². The maximum Gasteiger partial charge on any atom is 0.271 e. The fraction of sp³-hybridized carbons (Fsp3) is 0.231. The third-order valence-corrected chi connectivity index (χ3v) is 4.10. The van der Waals surface area contributed by atoms with Gasteiger partial charge >= 0.3 is 0 Å². The fourth-order valence-corrected chi connectivity index (χ4v) is 2.87. The molecule has 1 heterocycles. The SMILES string of the molecule is O=[N+]([O-])c1ccc(NC(CCO)c2cccs2)c(Cl)c1. The molecule has 0 bridgehead atoms. The quantitative estimate of drug-likeness (QED) is 0.627. The van der Waals surface area contributed by atoms with Crippen LogP contribution in [0.1, 0.15) is 17.3 Å². The summed E-state index contributed by atoms with van der Waals surface area (Å²) in [5.74, 6) is 0. The van der Waals surface area contributed by atoms with Crippen LogP contribution in [-0.4, -0.2) is 16.6 Å². The lowest BCUT2D eigenvalue weighted by atomic mass is 10.1. The second kappa shape index (κ2) is 6.69. The van der Waals surface area contributed by atoms with E-state index in [0.29, 0.717) is 17.1 Å². The molecule has 0 radical (unpaired) electrons. The Morgan fingerprint density at radius 2 is 2.25 bits per heavy atom. The highest BCUT2D eigenvalue weighted by Crippen LogP contribution is 2.32. The van der Waals surface area contributed by atoms with Crippen molar-refractivity contribution in [3.8, 4) is 0 Å². The van der Waals surface area contributed by atoms with Crippen LogP contribution >= 0.6 is 22.9 Å². The first-order valence-electron chi connectivity index (χ1n) is 5.96. The van der Waals surface area contributed by atoms with Gasteiger partial charge in [0, 0.05) is 23.6 Å².